The molecular formula is C21H24N4O3S. The number of nitrogens with one attached hydrogen (secondary N) is 1. The van der Waals surface area contributed by atoms with Crippen LogP contribution in [0.4, 0.5) is 5.69 Å². The van der Waals surface area contributed by atoms with E-state index in [4.69, 9.17) is 0 Å². The van der Waals surface area contributed by atoms with Crippen LogP contribution in [0.5, 0.6) is 0 Å². The van der Waals surface area contributed by atoms with Crippen LogP contribution in [-0.4, -0.2) is 41.5 Å². The Morgan fingerprint density at radius 1 is 1.10 bits per heavy atom. The van der Waals surface area contributed by atoms with Crippen LogP contribution in [-0.2, 0) is 10.0 Å². The number of amides is 1. The third-order valence-corrected chi connectivity index (χ3v) is 6.86. The van der Waals surface area contributed by atoms with Gasteiger partial charge in [-0.3, -0.25) is 4.79 Å². The van der Waals surface area contributed by atoms with Gasteiger partial charge in [0.05, 0.1) is 10.6 Å². The summed E-state index contributed by atoms with van der Waals surface area (Å²) in [7, 11) is -3.61. The Labute approximate surface area is 171 Å². The van der Waals surface area contributed by atoms with Crippen LogP contribution in [0.3, 0.4) is 0 Å². The molecule has 0 bridgehead atoms. The second-order valence-corrected chi connectivity index (χ2v) is 8.43. The minimum Gasteiger partial charge on any atom is -0.322 e. The van der Waals surface area contributed by atoms with E-state index < -0.39 is 10.0 Å². The number of carbonyl (C=O) groups is 1. The molecule has 8 heteroatoms. The number of anilines is 1. The molecule has 0 spiro atoms. The molecule has 152 valence electrons. The molecule has 0 unspecified atom stereocenters. The Balaban J connectivity index is 1.82. The number of benzene rings is 2. The number of hydrogen-bond donors (Lipinski definition) is 1. The summed E-state index contributed by atoms with van der Waals surface area (Å²) in [6, 6.07) is 13.7. The minimum atomic E-state index is -3.61. The van der Waals surface area contributed by atoms with Crippen molar-refractivity contribution in [3.05, 3.63) is 72.1 Å². The number of carbonyl (C=O) groups excluding carboxylic acids is 1. The highest BCUT2D eigenvalue weighted by Gasteiger charge is 2.24. The number of hydrogen-bond acceptors (Lipinski definition) is 4. The van der Waals surface area contributed by atoms with Gasteiger partial charge < -0.3 is 5.32 Å². The molecule has 3 rings (SSSR count). The third-order valence-electron chi connectivity index (χ3n) is 4.67. The first-order valence-electron chi connectivity index (χ1n) is 9.39. The van der Waals surface area contributed by atoms with Crippen molar-refractivity contribution >= 4 is 21.6 Å². The Bertz CT molecular complexity index is 1090. The molecule has 29 heavy (non-hydrogen) atoms. The Morgan fingerprint density at radius 2 is 1.79 bits per heavy atom. The maximum atomic E-state index is 12.9. The van der Waals surface area contributed by atoms with E-state index in [2.05, 4.69) is 10.4 Å². The quantitative estimate of drug-likeness (QED) is 0.644. The van der Waals surface area contributed by atoms with Gasteiger partial charge in [0.1, 0.15) is 0 Å². The van der Waals surface area contributed by atoms with Crippen LogP contribution >= 0.6 is 0 Å². The van der Waals surface area contributed by atoms with Crippen LogP contribution in [0.25, 0.3) is 5.69 Å². The van der Waals surface area contributed by atoms with Gasteiger partial charge in [0.15, 0.2) is 0 Å². The lowest BCUT2D eigenvalue weighted by Crippen LogP contribution is -2.31. The topological polar surface area (TPSA) is 84.3 Å². The SMILES string of the molecule is CCN(CC)S(=O)(=O)c1cc(NC(=O)c2ccc(-n3cccn3)cc2)ccc1C. The van der Waals surface area contributed by atoms with Crippen molar-refractivity contribution in [1.29, 1.82) is 0 Å². The van der Waals surface area contributed by atoms with Crippen molar-refractivity contribution in [1.82, 2.24) is 14.1 Å². The van der Waals surface area contributed by atoms with Crippen LogP contribution in [0.1, 0.15) is 29.8 Å². The molecule has 0 aliphatic rings. The number of sulfonamides is 1. The molecule has 7 nitrogen and oxygen atoms in total. The van der Waals surface area contributed by atoms with Gasteiger partial charge in [-0.1, -0.05) is 19.9 Å². The maximum absolute atomic E-state index is 12.9. The lowest BCUT2D eigenvalue weighted by Gasteiger charge is -2.20. The van der Waals surface area contributed by atoms with Gasteiger partial charge in [-0.05, 0) is 55.0 Å². The first-order valence-corrected chi connectivity index (χ1v) is 10.8. The van der Waals surface area contributed by atoms with E-state index in [1.807, 2.05) is 12.3 Å². The molecule has 3 aromatic rings. The lowest BCUT2D eigenvalue weighted by atomic mass is 10.1. The summed E-state index contributed by atoms with van der Waals surface area (Å²) in [5, 5.41) is 6.94. The second-order valence-electron chi connectivity index (χ2n) is 6.52. The molecule has 1 heterocycles. The summed E-state index contributed by atoms with van der Waals surface area (Å²) in [4.78, 5) is 12.8. The maximum Gasteiger partial charge on any atom is 0.255 e. The first-order chi connectivity index (χ1) is 13.9. The largest absolute Gasteiger partial charge is 0.322 e. The molecule has 1 amide bonds. The highest BCUT2D eigenvalue weighted by molar-refractivity contribution is 7.89. The molecule has 0 aliphatic carbocycles. The number of rotatable bonds is 7. The van der Waals surface area contributed by atoms with E-state index in [1.54, 1.807) is 68.0 Å². The summed E-state index contributed by atoms with van der Waals surface area (Å²) in [6.07, 6.45) is 3.50. The van der Waals surface area contributed by atoms with E-state index in [0.29, 0.717) is 29.9 Å². The molecule has 0 saturated carbocycles. The Morgan fingerprint density at radius 3 is 2.38 bits per heavy atom. The highest BCUT2D eigenvalue weighted by atomic mass is 32.2. The fourth-order valence-electron chi connectivity index (χ4n) is 3.05. The monoisotopic (exact) mass is 412 g/mol. The van der Waals surface area contributed by atoms with Gasteiger partial charge in [-0.15, -0.1) is 0 Å². The van der Waals surface area contributed by atoms with E-state index >= 15 is 0 Å². The van der Waals surface area contributed by atoms with E-state index in [1.165, 1.54) is 10.4 Å². The average molecular weight is 413 g/mol. The molecule has 0 saturated heterocycles. The molecule has 2 aromatic carbocycles. The minimum absolute atomic E-state index is 0.202. The van der Waals surface area contributed by atoms with Gasteiger partial charge in [-0.25, -0.2) is 13.1 Å². The summed E-state index contributed by atoms with van der Waals surface area (Å²) >= 11 is 0. The van der Waals surface area contributed by atoms with Crippen molar-refractivity contribution in [2.75, 3.05) is 18.4 Å². The van der Waals surface area contributed by atoms with E-state index in [-0.39, 0.29) is 10.8 Å². The Kier molecular flexibility index (Phi) is 6.14. The molecule has 0 fully saturated rings. The lowest BCUT2D eigenvalue weighted by molar-refractivity contribution is 0.102. The van der Waals surface area contributed by atoms with Crippen LogP contribution in [0.15, 0.2) is 65.8 Å². The fraction of sp³-hybridized carbons (Fsp3) is 0.238. The molecule has 0 atom stereocenters. The van der Waals surface area contributed by atoms with Crippen molar-refractivity contribution in [3.63, 3.8) is 0 Å². The Hall–Kier alpha value is -2.97. The highest BCUT2D eigenvalue weighted by Crippen LogP contribution is 2.24. The molecule has 1 N–H and O–H groups in total. The standard InChI is InChI=1S/C21H24N4O3S/c1-4-24(5-2)29(27,28)20-15-18(10-7-16(20)3)23-21(26)17-8-11-19(12-9-17)25-14-6-13-22-25/h6-15H,4-5H2,1-3H3,(H,23,26). The molecule has 1 aromatic heterocycles. The predicted octanol–water partition coefficient (Wildman–Crippen LogP) is 3.46. The van der Waals surface area contributed by atoms with E-state index in [0.717, 1.165) is 5.69 Å². The van der Waals surface area contributed by atoms with Gasteiger partial charge in [0, 0.05) is 36.7 Å². The zero-order chi connectivity index (χ0) is 21.0. The van der Waals surface area contributed by atoms with Crippen LogP contribution < -0.4 is 5.32 Å². The van der Waals surface area contributed by atoms with Gasteiger partial charge in [0.25, 0.3) is 5.91 Å². The van der Waals surface area contributed by atoms with Gasteiger partial charge in [0.2, 0.25) is 10.0 Å². The summed E-state index contributed by atoms with van der Waals surface area (Å²) < 4.78 is 28.9. The zero-order valence-electron chi connectivity index (χ0n) is 16.7. The third kappa shape index (κ3) is 4.38. The second kappa shape index (κ2) is 8.59. The van der Waals surface area contributed by atoms with Crippen molar-refractivity contribution in [3.8, 4) is 5.69 Å². The van der Waals surface area contributed by atoms with Gasteiger partial charge in [-0.2, -0.15) is 9.40 Å². The normalized spacial score (nSPS) is 11.6. The molecular weight excluding hydrogens is 388 g/mol. The summed E-state index contributed by atoms with van der Waals surface area (Å²) in [6.45, 7) is 6.12. The van der Waals surface area contributed by atoms with E-state index in [9.17, 15) is 13.2 Å². The summed E-state index contributed by atoms with van der Waals surface area (Å²) in [5.74, 6) is -0.313. The van der Waals surface area contributed by atoms with Crippen molar-refractivity contribution in [2.24, 2.45) is 0 Å². The number of nitrogens with zero attached hydrogens (tertiary/aromatic N) is 3. The van der Waals surface area contributed by atoms with Crippen molar-refractivity contribution in [2.45, 2.75) is 25.7 Å². The molecule has 0 radical (unpaired) electrons. The smallest absolute Gasteiger partial charge is 0.255 e. The number of aromatic nitrogens is 2. The predicted molar refractivity (Wildman–Crippen MR) is 113 cm³/mol. The fourth-order valence-corrected chi connectivity index (χ4v) is 4.76. The average Bonchev–Trinajstić information content (AvgIpc) is 3.25. The number of aryl methyl sites for hydroxylation is 1. The zero-order valence-corrected chi connectivity index (χ0v) is 17.5. The van der Waals surface area contributed by atoms with Crippen LogP contribution in [0, 0.1) is 6.92 Å². The van der Waals surface area contributed by atoms with Crippen LogP contribution in [0.2, 0.25) is 0 Å². The summed E-state index contributed by atoms with van der Waals surface area (Å²) in [5.41, 5.74) is 2.38. The van der Waals surface area contributed by atoms with Crippen molar-refractivity contribution < 1.29 is 13.2 Å². The van der Waals surface area contributed by atoms with Gasteiger partial charge >= 0.3 is 0 Å². The molecule has 0 aliphatic heterocycles. The first kappa shape index (κ1) is 20.8.